The summed E-state index contributed by atoms with van der Waals surface area (Å²) in [5, 5.41) is 21.0. The van der Waals surface area contributed by atoms with E-state index in [0.717, 1.165) is 5.56 Å². The van der Waals surface area contributed by atoms with Gasteiger partial charge in [-0.1, -0.05) is 19.1 Å². The second-order valence-corrected chi connectivity index (χ2v) is 4.85. The van der Waals surface area contributed by atoms with Gasteiger partial charge in [0.2, 0.25) is 0 Å². The fraction of sp³-hybridized carbons (Fsp3) is 0.533. The number of rotatable bonds is 7. The minimum atomic E-state index is 0.0677. The van der Waals surface area contributed by atoms with Gasteiger partial charge in [-0.25, -0.2) is 0 Å². The van der Waals surface area contributed by atoms with Crippen molar-refractivity contribution in [3.05, 3.63) is 29.8 Å². The molecule has 1 aromatic carbocycles. The molecule has 0 radical (unpaired) electrons. The first kappa shape index (κ1) is 15.5. The van der Waals surface area contributed by atoms with Gasteiger partial charge in [-0.3, -0.25) is 0 Å². The average Bonchev–Trinajstić information content (AvgIpc) is 2.44. The summed E-state index contributed by atoms with van der Waals surface area (Å²) < 4.78 is 5.21. The Kier molecular flexibility index (Phi) is 6.34. The summed E-state index contributed by atoms with van der Waals surface area (Å²) in [5.74, 6) is 0.926. The van der Waals surface area contributed by atoms with Crippen molar-refractivity contribution < 1.29 is 9.84 Å². The lowest BCUT2D eigenvalue weighted by Gasteiger charge is -2.24. The highest BCUT2D eigenvalue weighted by molar-refractivity contribution is 5.29. The molecule has 0 bridgehead atoms. The lowest BCUT2D eigenvalue weighted by atomic mass is 10.0. The number of hydrogen-bond donors (Lipinski definition) is 2. The first-order valence-electron chi connectivity index (χ1n) is 6.55. The number of hydrogen-bond acceptors (Lipinski definition) is 4. The van der Waals surface area contributed by atoms with Gasteiger partial charge in [-0.05, 0) is 37.5 Å². The normalized spacial score (nSPS) is 15.3. The summed E-state index contributed by atoms with van der Waals surface area (Å²) in [5.41, 5.74) is 1.15. The Morgan fingerprint density at radius 1 is 1.26 bits per heavy atom. The van der Waals surface area contributed by atoms with Gasteiger partial charge in [0.25, 0.3) is 0 Å². The molecule has 0 amide bonds. The van der Waals surface area contributed by atoms with Gasteiger partial charge in [0.15, 0.2) is 6.61 Å². The second-order valence-electron chi connectivity index (χ2n) is 4.85. The van der Waals surface area contributed by atoms with Gasteiger partial charge in [0.05, 0.1) is 0 Å². The molecule has 1 aromatic rings. The van der Waals surface area contributed by atoms with E-state index in [1.807, 2.05) is 37.3 Å². The molecule has 2 N–H and O–H groups in total. The standard InChI is InChI=1S/C15H22N2O2/c1-11(10-18)12(2)17-13(3)14-4-6-15(7-5-14)19-9-8-16/h4-7,11-13,17-18H,9-10H2,1-3H3. The van der Waals surface area contributed by atoms with Crippen LogP contribution in [-0.2, 0) is 0 Å². The summed E-state index contributed by atoms with van der Waals surface area (Å²) >= 11 is 0. The summed E-state index contributed by atoms with van der Waals surface area (Å²) in [6.07, 6.45) is 0. The Morgan fingerprint density at radius 3 is 2.42 bits per heavy atom. The molecule has 19 heavy (non-hydrogen) atoms. The van der Waals surface area contributed by atoms with E-state index in [0.29, 0.717) is 5.75 Å². The van der Waals surface area contributed by atoms with Gasteiger partial charge in [0, 0.05) is 18.7 Å². The molecular formula is C15H22N2O2. The monoisotopic (exact) mass is 262 g/mol. The fourth-order valence-corrected chi connectivity index (χ4v) is 1.78. The van der Waals surface area contributed by atoms with Crippen LogP contribution in [-0.4, -0.2) is 24.4 Å². The van der Waals surface area contributed by atoms with Crippen LogP contribution in [0.3, 0.4) is 0 Å². The number of ether oxygens (including phenoxy) is 1. The van der Waals surface area contributed by atoms with Gasteiger partial charge in [-0.2, -0.15) is 5.26 Å². The highest BCUT2D eigenvalue weighted by Crippen LogP contribution is 2.19. The average molecular weight is 262 g/mol. The molecule has 0 aliphatic heterocycles. The molecule has 4 heteroatoms. The largest absolute Gasteiger partial charge is 0.479 e. The minimum Gasteiger partial charge on any atom is -0.479 e. The first-order valence-corrected chi connectivity index (χ1v) is 6.55. The maximum atomic E-state index is 9.12. The molecule has 0 heterocycles. The maximum Gasteiger partial charge on any atom is 0.174 e. The van der Waals surface area contributed by atoms with E-state index in [1.54, 1.807) is 0 Å². The van der Waals surface area contributed by atoms with Crippen LogP contribution in [0, 0.1) is 17.2 Å². The number of nitrogens with zero attached hydrogens (tertiary/aromatic N) is 1. The minimum absolute atomic E-state index is 0.0677. The van der Waals surface area contributed by atoms with Crippen LogP contribution in [0.4, 0.5) is 0 Å². The summed E-state index contributed by atoms with van der Waals surface area (Å²) in [6.45, 7) is 6.43. The third kappa shape index (κ3) is 4.90. The zero-order valence-corrected chi connectivity index (χ0v) is 11.8. The molecule has 0 saturated heterocycles. The predicted molar refractivity (Wildman–Crippen MR) is 74.8 cm³/mol. The number of nitriles is 1. The highest BCUT2D eigenvalue weighted by Gasteiger charge is 2.14. The van der Waals surface area contributed by atoms with Crippen molar-refractivity contribution in [2.75, 3.05) is 13.2 Å². The van der Waals surface area contributed by atoms with Crippen LogP contribution >= 0.6 is 0 Å². The van der Waals surface area contributed by atoms with E-state index >= 15 is 0 Å². The third-order valence-corrected chi connectivity index (χ3v) is 3.34. The molecule has 0 aliphatic carbocycles. The molecule has 104 valence electrons. The summed E-state index contributed by atoms with van der Waals surface area (Å²) in [4.78, 5) is 0. The van der Waals surface area contributed by atoms with E-state index in [-0.39, 0.29) is 31.2 Å². The molecule has 3 unspecified atom stereocenters. The number of aliphatic hydroxyl groups excluding tert-OH is 1. The second kappa shape index (κ2) is 7.78. The van der Waals surface area contributed by atoms with Gasteiger partial charge < -0.3 is 15.2 Å². The zero-order valence-electron chi connectivity index (χ0n) is 11.8. The van der Waals surface area contributed by atoms with Crippen molar-refractivity contribution in [2.24, 2.45) is 5.92 Å². The van der Waals surface area contributed by atoms with Crippen molar-refractivity contribution in [3.63, 3.8) is 0 Å². The van der Waals surface area contributed by atoms with Crippen LogP contribution in [0.25, 0.3) is 0 Å². The Morgan fingerprint density at radius 2 is 1.89 bits per heavy atom. The van der Waals surface area contributed by atoms with Crippen LogP contribution < -0.4 is 10.1 Å². The lowest BCUT2D eigenvalue weighted by Crippen LogP contribution is -2.35. The predicted octanol–water partition coefficient (Wildman–Crippen LogP) is 2.26. The molecule has 0 spiro atoms. The summed E-state index contributed by atoms with van der Waals surface area (Å²) in [7, 11) is 0. The van der Waals surface area contributed by atoms with Crippen LogP contribution in [0.2, 0.25) is 0 Å². The smallest absolute Gasteiger partial charge is 0.174 e. The topological polar surface area (TPSA) is 65.3 Å². The molecule has 0 aliphatic rings. The summed E-state index contributed by atoms with van der Waals surface area (Å²) in [6, 6.07) is 10.1. The van der Waals surface area contributed by atoms with E-state index in [4.69, 9.17) is 15.1 Å². The van der Waals surface area contributed by atoms with Crippen molar-refractivity contribution in [3.8, 4) is 11.8 Å². The van der Waals surface area contributed by atoms with Crippen molar-refractivity contribution in [1.29, 1.82) is 5.26 Å². The molecular weight excluding hydrogens is 240 g/mol. The molecule has 3 atom stereocenters. The molecule has 4 nitrogen and oxygen atoms in total. The molecule has 1 rings (SSSR count). The Hall–Kier alpha value is -1.57. The third-order valence-electron chi connectivity index (χ3n) is 3.34. The quantitative estimate of drug-likeness (QED) is 0.791. The van der Waals surface area contributed by atoms with E-state index in [1.165, 1.54) is 0 Å². The Labute approximate surface area is 115 Å². The van der Waals surface area contributed by atoms with Crippen LogP contribution in [0.15, 0.2) is 24.3 Å². The fourth-order valence-electron chi connectivity index (χ4n) is 1.78. The maximum absolute atomic E-state index is 9.12. The van der Waals surface area contributed by atoms with Crippen molar-refractivity contribution >= 4 is 0 Å². The van der Waals surface area contributed by atoms with Gasteiger partial charge >= 0.3 is 0 Å². The van der Waals surface area contributed by atoms with E-state index < -0.39 is 0 Å². The van der Waals surface area contributed by atoms with Gasteiger partial charge in [-0.15, -0.1) is 0 Å². The Balaban J connectivity index is 2.57. The molecule has 0 saturated carbocycles. The van der Waals surface area contributed by atoms with E-state index in [2.05, 4.69) is 19.2 Å². The van der Waals surface area contributed by atoms with Crippen LogP contribution in [0.5, 0.6) is 5.75 Å². The van der Waals surface area contributed by atoms with Crippen molar-refractivity contribution in [1.82, 2.24) is 5.32 Å². The first-order chi connectivity index (χ1) is 9.08. The van der Waals surface area contributed by atoms with Crippen LogP contribution in [0.1, 0.15) is 32.4 Å². The van der Waals surface area contributed by atoms with Crippen molar-refractivity contribution in [2.45, 2.75) is 32.9 Å². The highest BCUT2D eigenvalue weighted by atomic mass is 16.5. The Bertz CT molecular complexity index is 411. The molecule has 0 fully saturated rings. The number of nitrogens with one attached hydrogen (secondary N) is 1. The van der Waals surface area contributed by atoms with Gasteiger partial charge in [0.1, 0.15) is 11.8 Å². The zero-order chi connectivity index (χ0) is 14.3. The van der Waals surface area contributed by atoms with E-state index in [9.17, 15) is 0 Å². The lowest BCUT2D eigenvalue weighted by molar-refractivity contribution is 0.202. The number of benzene rings is 1. The SMILES string of the molecule is CC(NC(C)C(C)CO)c1ccc(OCC#N)cc1. The molecule has 0 aromatic heterocycles. The number of aliphatic hydroxyl groups is 1.